The highest BCUT2D eigenvalue weighted by atomic mass is 32.2. The number of thioether (sulfide) groups is 1. The standard InChI is InChI=1S/C19H18F2N4O3S2/c1-12(10-26)28-16-9-15(25-30-17(27)7-2-3-8-22)23-19(24-16)29-11-13-5-4-6-14(20)18(13)21/h2-7,9,12,26-27H,10-11H2,1H3,(H,23,24,25)/b3-2+,17-7+/t12-/m1/s1. The lowest BCUT2D eigenvalue weighted by Gasteiger charge is -2.13. The molecule has 2 aromatic rings. The molecule has 7 nitrogen and oxygen atoms in total. The van der Waals surface area contributed by atoms with Crippen molar-refractivity contribution in [3.05, 3.63) is 64.8 Å². The molecule has 0 aliphatic heterocycles. The molecule has 0 radical (unpaired) electrons. The van der Waals surface area contributed by atoms with Crippen LogP contribution in [0.5, 0.6) is 5.88 Å². The van der Waals surface area contributed by atoms with Gasteiger partial charge in [0.2, 0.25) is 5.88 Å². The molecule has 0 aliphatic rings. The Hall–Kier alpha value is -2.81. The summed E-state index contributed by atoms with van der Waals surface area (Å²) < 4.78 is 35.5. The Bertz CT molecular complexity index is 967. The first kappa shape index (κ1) is 23.5. The molecular formula is C19H18F2N4O3S2. The zero-order valence-corrected chi connectivity index (χ0v) is 17.4. The number of benzene rings is 1. The van der Waals surface area contributed by atoms with E-state index in [9.17, 15) is 19.0 Å². The van der Waals surface area contributed by atoms with Crippen LogP contribution in [0.3, 0.4) is 0 Å². The lowest BCUT2D eigenvalue weighted by molar-refractivity contribution is 0.124. The summed E-state index contributed by atoms with van der Waals surface area (Å²) in [7, 11) is 0. The summed E-state index contributed by atoms with van der Waals surface area (Å²) >= 11 is 1.90. The molecule has 0 bridgehead atoms. The third-order valence-electron chi connectivity index (χ3n) is 3.32. The second-order valence-electron chi connectivity index (χ2n) is 5.68. The molecule has 0 saturated carbocycles. The van der Waals surface area contributed by atoms with Crippen LogP contribution in [0.2, 0.25) is 0 Å². The van der Waals surface area contributed by atoms with Crippen LogP contribution < -0.4 is 9.46 Å². The number of aromatic nitrogens is 2. The molecule has 2 rings (SSSR count). The molecule has 0 unspecified atom stereocenters. The average Bonchev–Trinajstić information content (AvgIpc) is 2.73. The monoisotopic (exact) mass is 452 g/mol. The molecule has 11 heteroatoms. The number of allylic oxidation sites excluding steroid dienone is 3. The van der Waals surface area contributed by atoms with E-state index in [2.05, 4.69) is 14.7 Å². The van der Waals surface area contributed by atoms with Gasteiger partial charge in [-0.3, -0.25) is 0 Å². The first-order chi connectivity index (χ1) is 14.4. The van der Waals surface area contributed by atoms with Gasteiger partial charge in [-0.15, -0.1) is 0 Å². The molecule has 1 heterocycles. The van der Waals surface area contributed by atoms with Crippen LogP contribution in [-0.4, -0.2) is 32.9 Å². The summed E-state index contributed by atoms with van der Waals surface area (Å²) in [6, 6.07) is 7.17. The van der Waals surface area contributed by atoms with Crippen molar-refractivity contribution in [1.82, 2.24) is 9.97 Å². The number of hydrogen-bond donors (Lipinski definition) is 3. The van der Waals surface area contributed by atoms with Crippen molar-refractivity contribution in [2.24, 2.45) is 0 Å². The second kappa shape index (κ2) is 12.0. The Kier molecular flexibility index (Phi) is 9.40. The lowest BCUT2D eigenvalue weighted by atomic mass is 10.2. The molecule has 1 aromatic heterocycles. The minimum atomic E-state index is -0.936. The van der Waals surface area contributed by atoms with Gasteiger partial charge in [-0.25, -0.2) is 13.8 Å². The predicted molar refractivity (Wildman–Crippen MR) is 112 cm³/mol. The molecule has 158 valence electrons. The van der Waals surface area contributed by atoms with Gasteiger partial charge in [0.05, 0.1) is 12.7 Å². The van der Waals surface area contributed by atoms with Gasteiger partial charge >= 0.3 is 0 Å². The molecule has 0 fully saturated rings. The summed E-state index contributed by atoms with van der Waals surface area (Å²) in [6.07, 6.45) is 3.36. The van der Waals surface area contributed by atoms with E-state index in [1.165, 1.54) is 36.4 Å². The van der Waals surface area contributed by atoms with Crippen molar-refractivity contribution in [1.29, 1.82) is 5.26 Å². The number of halogens is 2. The van der Waals surface area contributed by atoms with Gasteiger partial charge in [-0.05, 0) is 25.1 Å². The van der Waals surface area contributed by atoms with Crippen molar-refractivity contribution in [2.45, 2.75) is 23.9 Å². The van der Waals surface area contributed by atoms with Crippen molar-refractivity contribution in [3.63, 3.8) is 0 Å². The topological polar surface area (TPSA) is 111 Å². The Morgan fingerprint density at radius 1 is 1.40 bits per heavy atom. The predicted octanol–water partition coefficient (Wildman–Crippen LogP) is 4.35. The molecule has 3 N–H and O–H groups in total. The Morgan fingerprint density at radius 3 is 2.93 bits per heavy atom. The quantitative estimate of drug-likeness (QED) is 0.121. The molecule has 0 spiro atoms. The van der Waals surface area contributed by atoms with E-state index in [1.54, 1.807) is 13.0 Å². The van der Waals surface area contributed by atoms with E-state index in [0.29, 0.717) is 0 Å². The third-order valence-corrected chi connectivity index (χ3v) is 4.87. The fraction of sp³-hybridized carbons (Fsp3) is 0.211. The van der Waals surface area contributed by atoms with E-state index < -0.39 is 17.7 Å². The first-order valence-electron chi connectivity index (χ1n) is 8.53. The number of aliphatic hydroxyl groups excluding tert-OH is 2. The highest BCUT2D eigenvalue weighted by Crippen LogP contribution is 2.27. The molecule has 0 amide bonds. The fourth-order valence-electron chi connectivity index (χ4n) is 1.94. The summed E-state index contributed by atoms with van der Waals surface area (Å²) in [5, 5.41) is 27.5. The van der Waals surface area contributed by atoms with Crippen LogP contribution in [0.1, 0.15) is 12.5 Å². The number of nitriles is 1. The van der Waals surface area contributed by atoms with Crippen LogP contribution in [-0.2, 0) is 5.75 Å². The fourth-order valence-corrected chi connectivity index (χ4v) is 3.22. The largest absolute Gasteiger partial charge is 0.501 e. The maximum absolute atomic E-state index is 13.9. The smallest absolute Gasteiger partial charge is 0.219 e. The minimum Gasteiger partial charge on any atom is -0.501 e. The Morgan fingerprint density at radius 2 is 2.20 bits per heavy atom. The van der Waals surface area contributed by atoms with Gasteiger partial charge in [-0.2, -0.15) is 10.2 Å². The summed E-state index contributed by atoms with van der Waals surface area (Å²) in [4.78, 5) is 8.46. The molecule has 1 atom stereocenters. The van der Waals surface area contributed by atoms with Crippen molar-refractivity contribution in [3.8, 4) is 11.9 Å². The lowest BCUT2D eigenvalue weighted by Crippen LogP contribution is -2.17. The van der Waals surface area contributed by atoms with Crippen LogP contribution in [0.4, 0.5) is 14.6 Å². The number of anilines is 1. The number of hydrogen-bond acceptors (Lipinski definition) is 9. The van der Waals surface area contributed by atoms with Crippen LogP contribution in [0.25, 0.3) is 0 Å². The SMILES string of the molecule is C[C@H](CO)Oc1cc(NS/C(O)=C/C=C/C#N)nc(SCc2cccc(F)c2F)n1. The van der Waals surface area contributed by atoms with E-state index >= 15 is 0 Å². The Labute approximate surface area is 180 Å². The number of rotatable bonds is 10. The zero-order valence-electron chi connectivity index (χ0n) is 15.7. The van der Waals surface area contributed by atoms with Crippen molar-refractivity contribution < 1.29 is 23.7 Å². The van der Waals surface area contributed by atoms with Gasteiger partial charge in [0.25, 0.3) is 0 Å². The van der Waals surface area contributed by atoms with E-state index in [4.69, 9.17) is 10.00 Å². The van der Waals surface area contributed by atoms with Gasteiger partial charge < -0.3 is 19.7 Å². The number of aliphatic hydroxyl groups is 2. The maximum Gasteiger partial charge on any atom is 0.219 e. The summed E-state index contributed by atoms with van der Waals surface area (Å²) in [6.45, 7) is 1.42. The first-order valence-corrected chi connectivity index (χ1v) is 10.3. The molecular weight excluding hydrogens is 434 g/mol. The van der Waals surface area contributed by atoms with E-state index in [0.717, 1.165) is 29.8 Å². The van der Waals surface area contributed by atoms with Gasteiger partial charge in [0, 0.05) is 35.4 Å². The summed E-state index contributed by atoms with van der Waals surface area (Å²) in [5.74, 6) is -1.35. The highest BCUT2D eigenvalue weighted by molar-refractivity contribution is 8.04. The molecule has 30 heavy (non-hydrogen) atoms. The van der Waals surface area contributed by atoms with E-state index in [-0.39, 0.29) is 39.9 Å². The van der Waals surface area contributed by atoms with Crippen molar-refractivity contribution in [2.75, 3.05) is 11.3 Å². The van der Waals surface area contributed by atoms with Crippen LogP contribution in [0.15, 0.2) is 52.7 Å². The van der Waals surface area contributed by atoms with E-state index in [1.807, 2.05) is 0 Å². The number of nitrogens with zero attached hydrogens (tertiary/aromatic N) is 3. The molecule has 0 saturated heterocycles. The van der Waals surface area contributed by atoms with Gasteiger partial charge in [-0.1, -0.05) is 23.9 Å². The highest BCUT2D eigenvalue weighted by Gasteiger charge is 2.13. The summed E-state index contributed by atoms with van der Waals surface area (Å²) in [5.41, 5.74) is 0.160. The minimum absolute atomic E-state index is 0.0826. The normalized spacial score (nSPS) is 12.6. The second-order valence-corrected chi connectivity index (χ2v) is 7.45. The van der Waals surface area contributed by atoms with Crippen LogP contribution in [0, 0.1) is 23.0 Å². The van der Waals surface area contributed by atoms with Gasteiger partial charge in [0.1, 0.15) is 11.9 Å². The zero-order chi connectivity index (χ0) is 21.9. The molecule has 0 aliphatic carbocycles. The number of ether oxygens (including phenoxy) is 1. The maximum atomic E-state index is 13.9. The third kappa shape index (κ3) is 7.55. The number of nitrogens with one attached hydrogen (secondary N) is 1. The van der Waals surface area contributed by atoms with Crippen molar-refractivity contribution >= 4 is 29.5 Å². The van der Waals surface area contributed by atoms with Gasteiger partial charge in [0.15, 0.2) is 21.9 Å². The Balaban J connectivity index is 2.17. The molecule has 1 aromatic carbocycles. The average molecular weight is 453 g/mol. The van der Waals surface area contributed by atoms with Crippen LogP contribution >= 0.6 is 23.7 Å².